The molecule has 0 saturated heterocycles. The van der Waals surface area contributed by atoms with E-state index in [1.54, 1.807) is 23.1 Å². The van der Waals surface area contributed by atoms with Gasteiger partial charge < -0.3 is 10.3 Å². The van der Waals surface area contributed by atoms with Crippen LogP contribution in [0.3, 0.4) is 0 Å². The molecule has 5 heteroatoms. The van der Waals surface area contributed by atoms with Gasteiger partial charge in [0.15, 0.2) is 0 Å². The molecule has 0 radical (unpaired) electrons. The highest BCUT2D eigenvalue weighted by Crippen LogP contribution is 2.38. The van der Waals surface area contributed by atoms with Crippen LogP contribution in [0.25, 0.3) is 16.9 Å². The summed E-state index contributed by atoms with van der Waals surface area (Å²) in [6.45, 7) is 2.22. The van der Waals surface area contributed by atoms with Gasteiger partial charge >= 0.3 is 0 Å². The van der Waals surface area contributed by atoms with Crippen LogP contribution < -0.4 is 5.73 Å². The number of rotatable bonds is 7. The van der Waals surface area contributed by atoms with Crippen molar-refractivity contribution >= 4 is 28.9 Å². The van der Waals surface area contributed by atoms with Crippen molar-refractivity contribution in [1.82, 2.24) is 4.57 Å². The molecule has 25 heavy (non-hydrogen) atoms. The van der Waals surface area contributed by atoms with Crippen LogP contribution in [0.15, 0.2) is 52.9 Å². The molecule has 2 aromatic heterocycles. The van der Waals surface area contributed by atoms with Crippen molar-refractivity contribution < 1.29 is 0 Å². The van der Waals surface area contributed by atoms with Crippen molar-refractivity contribution in [3.63, 3.8) is 0 Å². The molecule has 2 heterocycles. The normalized spacial score (nSPS) is 11.0. The van der Waals surface area contributed by atoms with E-state index >= 15 is 0 Å². The number of hydrogen-bond donors (Lipinski definition) is 2. The van der Waals surface area contributed by atoms with Crippen molar-refractivity contribution in [3.05, 3.63) is 59.1 Å². The van der Waals surface area contributed by atoms with Crippen LogP contribution in [0.1, 0.15) is 30.2 Å². The van der Waals surface area contributed by atoms with Crippen LogP contribution in [0.4, 0.5) is 0 Å². The lowest BCUT2D eigenvalue weighted by Gasteiger charge is -2.10. The van der Waals surface area contributed by atoms with Crippen molar-refractivity contribution in [3.8, 4) is 16.9 Å². The summed E-state index contributed by atoms with van der Waals surface area (Å²) in [7, 11) is 0. The average molecular weight is 370 g/mol. The molecule has 3 aromatic rings. The maximum atomic E-state index is 7.71. The zero-order valence-electron chi connectivity index (χ0n) is 14.6. The molecule has 1 aromatic carbocycles. The standard InChI is InChI=1S/C20H23N3S2/c1-3-4-6-14-8-10-15(11-9-14)23-12-5-7-17(23)16-13-18(19(21)22)25-20(16)24-2/h5,7-13H,3-4,6H2,1-2H3,(H3,21,22). The molecular weight excluding hydrogens is 346 g/mol. The lowest BCUT2D eigenvalue weighted by Crippen LogP contribution is -2.08. The summed E-state index contributed by atoms with van der Waals surface area (Å²) < 4.78 is 3.39. The molecule has 130 valence electrons. The fourth-order valence-corrected chi connectivity index (χ4v) is 4.61. The van der Waals surface area contributed by atoms with Crippen molar-refractivity contribution in [2.45, 2.75) is 30.4 Å². The van der Waals surface area contributed by atoms with Gasteiger partial charge in [-0.1, -0.05) is 25.5 Å². The third-order valence-corrected chi connectivity index (χ3v) is 6.51. The smallest absolute Gasteiger partial charge is 0.133 e. The van der Waals surface area contributed by atoms with Gasteiger partial charge in [0, 0.05) is 17.4 Å². The number of nitrogens with one attached hydrogen (secondary N) is 1. The fourth-order valence-electron chi connectivity index (χ4n) is 2.87. The molecular formula is C20H23N3S2. The number of benzene rings is 1. The van der Waals surface area contributed by atoms with E-state index in [-0.39, 0.29) is 5.84 Å². The number of amidine groups is 1. The van der Waals surface area contributed by atoms with Crippen molar-refractivity contribution in [1.29, 1.82) is 5.41 Å². The van der Waals surface area contributed by atoms with Crippen molar-refractivity contribution in [2.24, 2.45) is 5.73 Å². The Morgan fingerprint density at radius 3 is 2.64 bits per heavy atom. The van der Waals surface area contributed by atoms with E-state index in [4.69, 9.17) is 11.1 Å². The zero-order valence-corrected chi connectivity index (χ0v) is 16.2. The Morgan fingerprint density at radius 1 is 1.24 bits per heavy atom. The van der Waals surface area contributed by atoms with Gasteiger partial charge in [-0.05, 0) is 55.0 Å². The van der Waals surface area contributed by atoms with E-state index in [1.807, 2.05) is 6.07 Å². The molecule has 3 rings (SSSR count). The number of thioether (sulfide) groups is 1. The van der Waals surface area contributed by atoms with Crippen molar-refractivity contribution in [2.75, 3.05) is 6.26 Å². The van der Waals surface area contributed by atoms with Crippen LogP contribution in [-0.2, 0) is 6.42 Å². The summed E-state index contributed by atoms with van der Waals surface area (Å²) in [5.74, 6) is 0.130. The third-order valence-electron chi connectivity index (χ3n) is 4.21. The summed E-state index contributed by atoms with van der Waals surface area (Å²) in [6, 6.07) is 15.0. The molecule has 0 bridgehead atoms. The zero-order chi connectivity index (χ0) is 17.8. The SMILES string of the molecule is CCCCc1ccc(-n2cccc2-c2cc(C(=N)N)sc2SC)cc1. The van der Waals surface area contributed by atoms with E-state index < -0.39 is 0 Å². The molecule has 3 nitrogen and oxygen atoms in total. The Kier molecular flexibility index (Phi) is 5.66. The van der Waals surface area contributed by atoms with Gasteiger partial charge in [-0.2, -0.15) is 0 Å². The number of nitrogen functional groups attached to an aromatic ring is 1. The number of thiophene rings is 1. The summed E-state index contributed by atoms with van der Waals surface area (Å²) in [4.78, 5) is 0.821. The molecule has 0 amide bonds. The minimum Gasteiger partial charge on any atom is -0.383 e. The lowest BCUT2D eigenvalue weighted by atomic mass is 10.1. The third kappa shape index (κ3) is 3.83. The quantitative estimate of drug-likeness (QED) is 0.326. The predicted octanol–water partition coefficient (Wildman–Crippen LogP) is 5.55. The second-order valence-electron chi connectivity index (χ2n) is 5.96. The first-order valence-corrected chi connectivity index (χ1v) is 10.5. The summed E-state index contributed by atoms with van der Waals surface area (Å²) in [5.41, 5.74) is 10.5. The number of aromatic nitrogens is 1. The van der Waals surface area contributed by atoms with Crippen LogP contribution in [-0.4, -0.2) is 16.7 Å². The Bertz CT molecular complexity index is 859. The van der Waals surface area contributed by atoms with Gasteiger partial charge in [0.25, 0.3) is 0 Å². The summed E-state index contributed by atoms with van der Waals surface area (Å²) in [5, 5.41) is 7.71. The molecule has 0 fully saturated rings. The molecule has 3 N–H and O–H groups in total. The second-order valence-corrected chi connectivity index (χ2v) is 8.09. The average Bonchev–Trinajstić information content (AvgIpc) is 3.26. The molecule has 0 aliphatic carbocycles. The summed E-state index contributed by atoms with van der Waals surface area (Å²) in [6.07, 6.45) is 7.74. The highest BCUT2D eigenvalue weighted by Gasteiger charge is 2.15. The topological polar surface area (TPSA) is 54.8 Å². The van der Waals surface area contributed by atoms with E-state index in [1.165, 1.54) is 22.6 Å². The molecule has 0 aliphatic rings. The number of nitrogens with zero attached hydrogens (tertiary/aromatic N) is 1. The number of aryl methyl sites for hydroxylation is 1. The van der Waals surface area contributed by atoms with Crippen LogP contribution in [0.5, 0.6) is 0 Å². The Labute approximate surface area is 157 Å². The van der Waals surface area contributed by atoms with Gasteiger partial charge in [-0.15, -0.1) is 23.1 Å². The van der Waals surface area contributed by atoms with E-state index in [9.17, 15) is 0 Å². The van der Waals surface area contributed by atoms with Gasteiger partial charge in [0.1, 0.15) is 5.84 Å². The predicted molar refractivity (Wildman–Crippen MR) is 110 cm³/mol. The van der Waals surface area contributed by atoms with Crippen LogP contribution in [0.2, 0.25) is 0 Å². The highest BCUT2D eigenvalue weighted by atomic mass is 32.2. The number of hydrogen-bond acceptors (Lipinski definition) is 3. The minimum atomic E-state index is 0.130. The van der Waals surface area contributed by atoms with E-state index in [2.05, 4.69) is 60.3 Å². The number of unbranched alkanes of at least 4 members (excludes halogenated alkanes) is 1. The van der Waals surface area contributed by atoms with Gasteiger partial charge in [-0.3, -0.25) is 5.41 Å². The van der Waals surface area contributed by atoms with Gasteiger partial charge in [0.2, 0.25) is 0 Å². The second kappa shape index (κ2) is 7.93. The maximum Gasteiger partial charge on any atom is 0.133 e. The first kappa shape index (κ1) is 17.8. The Balaban J connectivity index is 1.97. The Morgan fingerprint density at radius 2 is 2.00 bits per heavy atom. The number of nitrogens with two attached hydrogens (primary N) is 1. The monoisotopic (exact) mass is 369 g/mol. The first-order valence-electron chi connectivity index (χ1n) is 8.43. The molecule has 0 saturated carbocycles. The first-order chi connectivity index (χ1) is 12.1. The van der Waals surface area contributed by atoms with Crippen LogP contribution in [0, 0.1) is 5.41 Å². The van der Waals surface area contributed by atoms with E-state index in [0.717, 1.165) is 28.2 Å². The summed E-state index contributed by atoms with van der Waals surface area (Å²) >= 11 is 3.28. The highest BCUT2D eigenvalue weighted by molar-refractivity contribution is 8.00. The van der Waals surface area contributed by atoms with Crippen LogP contribution >= 0.6 is 23.1 Å². The lowest BCUT2D eigenvalue weighted by molar-refractivity contribution is 0.795. The Hall–Kier alpha value is -1.98. The molecule has 0 spiro atoms. The maximum absolute atomic E-state index is 7.71. The molecule has 0 atom stereocenters. The largest absolute Gasteiger partial charge is 0.383 e. The molecule has 0 unspecified atom stereocenters. The van der Waals surface area contributed by atoms with E-state index in [0.29, 0.717) is 0 Å². The van der Waals surface area contributed by atoms with Gasteiger partial charge in [0.05, 0.1) is 14.8 Å². The van der Waals surface area contributed by atoms with Gasteiger partial charge in [-0.25, -0.2) is 0 Å². The fraction of sp³-hybridized carbons (Fsp3) is 0.250. The minimum absolute atomic E-state index is 0.130. The molecule has 0 aliphatic heterocycles.